The summed E-state index contributed by atoms with van der Waals surface area (Å²) in [6.07, 6.45) is 14.6. The summed E-state index contributed by atoms with van der Waals surface area (Å²) in [5, 5.41) is 0. The van der Waals surface area contributed by atoms with Crippen molar-refractivity contribution < 1.29 is 4.74 Å². The molecule has 0 atom stereocenters. The fraction of sp³-hybridized carbons (Fsp3) is 0.619. The van der Waals surface area contributed by atoms with Crippen LogP contribution in [0.2, 0.25) is 0 Å². The maximum absolute atomic E-state index is 6.09. The Morgan fingerprint density at radius 1 is 1.09 bits per heavy atom. The summed E-state index contributed by atoms with van der Waals surface area (Å²) in [6.45, 7) is 5.22. The number of hydrogen-bond acceptors (Lipinski definition) is 1. The summed E-state index contributed by atoms with van der Waals surface area (Å²) in [4.78, 5) is 0. The molecule has 0 bridgehead atoms. The van der Waals surface area contributed by atoms with Crippen molar-refractivity contribution in [2.24, 2.45) is 5.41 Å². The van der Waals surface area contributed by atoms with Gasteiger partial charge >= 0.3 is 0 Å². The highest BCUT2D eigenvalue weighted by molar-refractivity contribution is 5.35. The van der Waals surface area contributed by atoms with Gasteiger partial charge in [-0.2, -0.15) is 0 Å². The van der Waals surface area contributed by atoms with E-state index in [9.17, 15) is 0 Å². The topological polar surface area (TPSA) is 9.23 Å². The molecule has 22 heavy (non-hydrogen) atoms. The van der Waals surface area contributed by atoms with Crippen LogP contribution in [0.25, 0.3) is 0 Å². The van der Waals surface area contributed by atoms with E-state index >= 15 is 0 Å². The predicted octanol–water partition coefficient (Wildman–Crippen LogP) is 6.00. The van der Waals surface area contributed by atoms with Crippen LogP contribution in [0.3, 0.4) is 0 Å². The molecule has 0 radical (unpaired) electrons. The van der Waals surface area contributed by atoms with Gasteiger partial charge in [-0.05, 0) is 79.7 Å². The quantitative estimate of drug-likeness (QED) is 0.606. The Labute approximate surface area is 135 Å². The van der Waals surface area contributed by atoms with Crippen LogP contribution in [0.1, 0.15) is 69.4 Å². The Hall–Kier alpha value is -1.24. The number of benzene rings is 1. The smallest absolute Gasteiger partial charge is 0.120 e. The third-order valence-corrected chi connectivity index (χ3v) is 5.54. The van der Waals surface area contributed by atoms with Crippen molar-refractivity contribution >= 4 is 0 Å². The van der Waals surface area contributed by atoms with Gasteiger partial charge in [0.05, 0.1) is 0 Å². The third-order valence-electron chi connectivity index (χ3n) is 5.54. The van der Waals surface area contributed by atoms with Gasteiger partial charge in [-0.1, -0.05) is 38.3 Å². The second-order valence-corrected chi connectivity index (χ2v) is 7.35. The van der Waals surface area contributed by atoms with Crippen LogP contribution < -0.4 is 4.74 Å². The lowest BCUT2D eigenvalue weighted by Crippen LogP contribution is -2.19. The fourth-order valence-corrected chi connectivity index (χ4v) is 4.32. The first kappa shape index (κ1) is 15.6. The minimum Gasteiger partial charge on any atom is -0.489 e. The summed E-state index contributed by atoms with van der Waals surface area (Å²) in [5.41, 5.74) is 4.89. The fourth-order valence-electron chi connectivity index (χ4n) is 4.32. The van der Waals surface area contributed by atoms with Crippen LogP contribution in [-0.4, -0.2) is 6.61 Å². The van der Waals surface area contributed by atoms with Crippen molar-refractivity contribution in [3.63, 3.8) is 0 Å². The number of ether oxygens (including phenoxy) is 1. The Bertz CT molecular complexity index is 535. The van der Waals surface area contributed by atoms with E-state index in [2.05, 4.69) is 38.1 Å². The van der Waals surface area contributed by atoms with Gasteiger partial charge in [0.25, 0.3) is 0 Å². The van der Waals surface area contributed by atoms with Crippen molar-refractivity contribution in [2.45, 2.75) is 71.6 Å². The predicted molar refractivity (Wildman–Crippen MR) is 93.5 cm³/mol. The van der Waals surface area contributed by atoms with Crippen LogP contribution in [0.5, 0.6) is 5.75 Å². The Morgan fingerprint density at radius 3 is 2.59 bits per heavy atom. The molecule has 3 rings (SSSR count). The van der Waals surface area contributed by atoms with Crippen LogP contribution in [0, 0.1) is 12.3 Å². The SMILES string of the molecule is CCCc1ccc(OCC2=CC3(CCCC3)CCC2)cc1C. The summed E-state index contributed by atoms with van der Waals surface area (Å²) in [6, 6.07) is 6.59. The second kappa shape index (κ2) is 6.89. The van der Waals surface area contributed by atoms with Crippen molar-refractivity contribution in [2.75, 3.05) is 6.61 Å². The molecule has 0 amide bonds. The zero-order valence-corrected chi connectivity index (χ0v) is 14.3. The molecule has 0 aliphatic heterocycles. The maximum Gasteiger partial charge on any atom is 0.120 e. The number of allylic oxidation sites excluding steroid dienone is 1. The molecular formula is C21H30O. The van der Waals surface area contributed by atoms with Gasteiger partial charge in [0, 0.05) is 0 Å². The van der Waals surface area contributed by atoms with E-state index in [-0.39, 0.29) is 0 Å². The average Bonchev–Trinajstić information content (AvgIpc) is 2.96. The second-order valence-electron chi connectivity index (χ2n) is 7.35. The summed E-state index contributed by atoms with van der Waals surface area (Å²) >= 11 is 0. The van der Waals surface area contributed by atoms with E-state index in [1.54, 1.807) is 0 Å². The highest BCUT2D eigenvalue weighted by Crippen LogP contribution is 2.47. The van der Waals surface area contributed by atoms with Gasteiger partial charge < -0.3 is 4.74 Å². The number of aryl methyl sites for hydroxylation is 2. The molecule has 0 heterocycles. The Morgan fingerprint density at radius 2 is 1.86 bits per heavy atom. The average molecular weight is 298 g/mol. The van der Waals surface area contributed by atoms with Gasteiger partial charge in [-0.3, -0.25) is 0 Å². The molecule has 0 unspecified atom stereocenters. The zero-order valence-electron chi connectivity index (χ0n) is 14.3. The van der Waals surface area contributed by atoms with E-state index in [0.29, 0.717) is 5.41 Å². The molecule has 1 nitrogen and oxygen atoms in total. The minimum atomic E-state index is 0.540. The molecule has 0 saturated heterocycles. The van der Waals surface area contributed by atoms with E-state index < -0.39 is 0 Å². The highest BCUT2D eigenvalue weighted by atomic mass is 16.5. The van der Waals surface area contributed by atoms with Gasteiger partial charge in [0.15, 0.2) is 0 Å². The standard InChI is InChI=1S/C21H30O/c1-3-7-19-9-10-20(14-17(19)2)22-16-18-8-6-13-21(15-18)11-4-5-12-21/h9-10,14-15H,3-8,11-13,16H2,1-2H3. The largest absolute Gasteiger partial charge is 0.489 e. The third kappa shape index (κ3) is 3.56. The molecule has 0 N–H and O–H groups in total. The van der Waals surface area contributed by atoms with Gasteiger partial charge in [-0.15, -0.1) is 0 Å². The van der Waals surface area contributed by atoms with E-state index in [1.165, 1.54) is 74.5 Å². The molecule has 2 aliphatic carbocycles. The molecule has 1 aromatic rings. The molecule has 0 aromatic heterocycles. The molecule has 1 spiro atoms. The summed E-state index contributed by atoms with van der Waals surface area (Å²) in [7, 11) is 0. The lowest BCUT2D eigenvalue weighted by Gasteiger charge is -2.31. The Kier molecular flexibility index (Phi) is 4.90. The maximum atomic E-state index is 6.09. The molecule has 1 saturated carbocycles. The summed E-state index contributed by atoms with van der Waals surface area (Å²) in [5.74, 6) is 1.03. The van der Waals surface area contributed by atoms with Gasteiger partial charge in [-0.25, -0.2) is 0 Å². The first-order valence-electron chi connectivity index (χ1n) is 9.14. The molecule has 1 aromatic carbocycles. The van der Waals surface area contributed by atoms with Crippen LogP contribution in [0.4, 0.5) is 0 Å². The number of rotatable bonds is 5. The number of hydrogen-bond donors (Lipinski definition) is 0. The summed E-state index contributed by atoms with van der Waals surface area (Å²) < 4.78 is 6.09. The molecule has 1 fully saturated rings. The van der Waals surface area contributed by atoms with Crippen LogP contribution in [-0.2, 0) is 6.42 Å². The van der Waals surface area contributed by atoms with Gasteiger partial charge in [0.1, 0.15) is 12.4 Å². The van der Waals surface area contributed by atoms with Crippen molar-refractivity contribution in [1.29, 1.82) is 0 Å². The molecule has 120 valence electrons. The molecule has 2 aliphatic rings. The van der Waals surface area contributed by atoms with Crippen molar-refractivity contribution in [3.8, 4) is 5.75 Å². The zero-order chi connectivity index (χ0) is 15.4. The van der Waals surface area contributed by atoms with Crippen LogP contribution >= 0.6 is 0 Å². The van der Waals surface area contributed by atoms with E-state index in [0.717, 1.165) is 12.4 Å². The van der Waals surface area contributed by atoms with Gasteiger partial charge in [0.2, 0.25) is 0 Å². The lowest BCUT2D eigenvalue weighted by molar-refractivity contribution is 0.300. The van der Waals surface area contributed by atoms with Crippen molar-refractivity contribution in [1.82, 2.24) is 0 Å². The first-order chi connectivity index (χ1) is 10.7. The highest BCUT2D eigenvalue weighted by Gasteiger charge is 2.33. The van der Waals surface area contributed by atoms with Crippen molar-refractivity contribution in [3.05, 3.63) is 41.0 Å². The molecule has 1 heteroatoms. The molecular weight excluding hydrogens is 268 g/mol. The van der Waals surface area contributed by atoms with E-state index in [4.69, 9.17) is 4.74 Å². The first-order valence-corrected chi connectivity index (χ1v) is 9.14. The van der Waals surface area contributed by atoms with E-state index in [1.807, 2.05) is 0 Å². The van der Waals surface area contributed by atoms with Crippen LogP contribution in [0.15, 0.2) is 29.8 Å². The monoisotopic (exact) mass is 298 g/mol. The normalized spacial score (nSPS) is 20.2. The Balaban J connectivity index is 1.62. The minimum absolute atomic E-state index is 0.540. The lowest BCUT2D eigenvalue weighted by atomic mass is 9.75.